The van der Waals surface area contributed by atoms with Crippen LogP contribution >= 0.6 is 0 Å². The summed E-state index contributed by atoms with van der Waals surface area (Å²) in [6, 6.07) is 14.2. The lowest BCUT2D eigenvalue weighted by atomic mass is 10.1. The fourth-order valence-electron chi connectivity index (χ4n) is 3.38. The van der Waals surface area contributed by atoms with E-state index in [9.17, 15) is 4.79 Å². The number of benzene rings is 1. The molecule has 3 heterocycles. The molecule has 1 aliphatic heterocycles. The van der Waals surface area contributed by atoms with E-state index in [-0.39, 0.29) is 5.91 Å². The second-order valence-corrected chi connectivity index (χ2v) is 6.74. The minimum absolute atomic E-state index is 0.000301. The van der Waals surface area contributed by atoms with Gasteiger partial charge < -0.3 is 9.47 Å². The molecule has 1 aliphatic rings. The maximum atomic E-state index is 12.8. The number of hydrogen-bond acceptors (Lipinski definition) is 4. The van der Waals surface area contributed by atoms with Crippen molar-refractivity contribution >= 4 is 5.91 Å². The van der Waals surface area contributed by atoms with Gasteiger partial charge in [0, 0.05) is 51.3 Å². The summed E-state index contributed by atoms with van der Waals surface area (Å²) in [6.07, 6.45) is 8.02. The number of hydrogen-bond donors (Lipinski definition) is 0. The molecule has 6 heteroatoms. The monoisotopic (exact) mass is 361 g/mol. The maximum absolute atomic E-state index is 12.8. The van der Waals surface area contributed by atoms with Gasteiger partial charge in [-0.2, -0.15) is 0 Å². The van der Waals surface area contributed by atoms with Gasteiger partial charge in [0.2, 0.25) is 0 Å². The molecule has 0 aliphatic carbocycles. The van der Waals surface area contributed by atoms with E-state index in [0.717, 1.165) is 44.8 Å². The first-order valence-electron chi connectivity index (χ1n) is 9.29. The third-order valence-electron chi connectivity index (χ3n) is 4.98. The van der Waals surface area contributed by atoms with Crippen LogP contribution in [0.1, 0.15) is 16.1 Å². The van der Waals surface area contributed by atoms with Gasteiger partial charge in [0.15, 0.2) is 0 Å². The summed E-state index contributed by atoms with van der Waals surface area (Å²) in [7, 11) is 0. The van der Waals surface area contributed by atoms with E-state index in [1.54, 1.807) is 18.7 Å². The third kappa shape index (κ3) is 4.23. The molecule has 27 heavy (non-hydrogen) atoms. The third-order valence-corrected chi connectivity index (χ3v) is 4.98. The first-order chi connectivity index (χ1) is 13.3. The highest BCUT2D eigenvalue weighted by Gasteiger charge is 2.23. The summed E-state index contributed by atoms with van der Waals surface area (Å²) in [6.45, 7) is 4.31. The Labute approximate surface area is 159 Å². The van der Waals surface area contributed by atoms with E-state index in [0.29, 0.717) is 5.69 Å². The zero-order chi connectivity index (χ0) is 18.5. The molecule has 0 saturated carbocycles. The number of amides is 1. The van der Waals surface area contributed by atoms with Crippen LogP contribution in [-0.4, -0.2) is 63.0 Å². The van der Waals surface area contributed by atoms with Crippen LogP contribution in [0.2, 0.25) is 0 Å². The fraction of sp³-hybridized carbons (Fsp3) is 0.286. The van der Waals surface area contributed by atoms with Gasteiger partial charge in [0.25, 0.3) is 5.91 Å². The van der Waals surface area contributed by atoms with Crippen LogP contribution in [-0.2, 0) is 6.42 Å². The molecule has 2 aromatic heterocycles. The number of rotatable bonds is 5. The van der Waals surface area contributed by atoms with Crippen molar-refractivity contribution in [3.8, 4) is 5.69 Å². The highest BCUT2D eigenvalue weighted by atomic mass is 16.2. The molecule has 1 saturated heterocycles. The van der Waals surface area contributed by atoms with Crippen molar-refractivity contribution in [1.29, 1.82) is 0 Å². The van der Waals surface area contributed by atoms with Crippen molar-refractivity contribution in [2.75, 3.05) is 32.7 Å². The number of carbonyl (C=O) groups is 1. The van der Waals surface area contributed by atoms with E-state index < -0.39 is 0 Å². The van der Waals surface area contributed by atoms with Crippen LogP contribution in [0, 0.1) is 0 Å². The van der Waals surface area contributed by atoms with E-state index in [1.807, 2.05) is 33.9 Å². The average Bonchev–Trinajstić information content (AvgIpc) is 3.28. The first-order valence-corrected chi connectivity index (χ1v) is 9.29. The fourth-order valence-corrected chi connectivity index (χ4v) is 3.38. The maximum Gasteiger partial charge on any atom is 0.272 e. The minimum Gasteiger partial charge on any atom is -0.335 e. The van der Waals surface area contributed by atoms with Gasteiger partial charge in [0.05, 0.1) is 12.0 Å². The molecule has 1 aromatic carbocycles. The van der Waals surface area contributed by atoms with Gasteiger partial charge in [-0.25, -0.2) is 4.98 Å². The quantitative estimate of drug-likeness (QED) is 0.700. The summed E-state index contributed by atoms with van der Waals surface area (Å²) in [5.41, 5.74) is 2.74. The Bertz CT molecular complexity index is 871. The number of carbonyl (C=O) groups excluding carboxylic acids is 1. The minimum atomic E-state index is -0.000301. The van der Waals surface area contributed by atoms with Gasteiger partial charge in [-0.3, -0.25) is 14.7 Å². The molecule has 4 rings (SSSR count). The number of nitrogens with zero attached hydrogens (tertiary/aromatic N) is 5. The predicted molar refractivity (Wildman–Crippen MR) is 104 cm³/mol. The Kier molecular flexibility index (Phi) is 5.25. The van der Waals surface area contributed by atoms with Crippen molar-refractivity contribution in [3.05, 3.63) is 78.6 Å². The Hall–Kier alpha value is -2.99. The van der Waals surface area contributed by atoms with Gasteiger partial charge in [0.1, 0.15) is 5.69 Å². The number of piperazine rings is 1. The van der Waals surface area contributed by atoms with Gasteiger partial charge >= 0.3 is 0 Å². The van der Waals surface area contributed by atoms with Crippen LogP contribution < -0.4 is 0 Å². The van der Waals surface area contributed by atoms with Crippen molar-refractivity contribution < 1.29 is 4.79 Å². The Morgan fingerprint density at radius 2 is 1.81 bits per heavy atom. The molecule has 0 radical (unpaired) electrons. The molecule has 0 bridgehead atoms. The lowest BCUT2D eigenvalue weighted by molar-refractivity contribution is 0.0632. The molecule has 0 spiro atoms. The SMILES string of the molecule is O=C(c1cc(-n2ccnc2)ccn1)N1CCN(CCc2ccccc2)CC1. The van der Waals surface area contributed by atoms with E-state index in [4.69, 9.17) is 0 Å². The Balaban J connectivity index is 1.33. The van der Waals surface area contributed by atoms with Crippen molar-refractivity contribution in [1.82, 2.24) is 24.3 Å². The molecule has 0 unspecified atom stereocenters. The second-order valence-electron chi connectivity index (χ2n) is 6.74. The zero-order valence-electron chi connectivity index (χ0n) is 15.2. The van der Waals surface area contributed by atoms with Crippen molar-refractivity contribution in [2.45, 2.75) is 6.42 Å². The van der Waals surface area contributed by atoms with E-state index in [1.165, 1.54) is 5.56 Å². The Morgan fingerprint density at radius 1 is 1.00 bits per heavy atom. The summed E-state index contributed by atoms with van der Waals surface area (Å²) in [5, 5.41) is 0. The second kappa shape index (κ2) is 8.14. The standard InChI is InChI=1S/C21H23N5O/c27-21(20-16-19(6-8-23-20)26-11-9-22-17-26)25-14-12-24(13-15-25)10-7-18-4-2-1-3-5-18/h1-6,8-9,11,16-17H,7,10,12-15H2. The lowest BCUT2D eigenvalue weighted by Gasteiger charge is -2.34. The molecule has 6 nitrogen and oxygen atoms in total. The van der Waals surface area contributed by atoms with E-state index >= 15 is 0 Å². The largest absolute Gasteiger partial charge is 0.335 e. The topological polar surface area (TPSA) is 54.3 Å². The van der Waals surface area contributed by atoms with Crippen molar-refractivity contribution in [2.24, 2.45) is 0 Å². The lowest BCUT2D eigenvalue weighted by Crippen LogP contribution is -2.49. The van der Waals surface area contributed by atoms with Gasteiger partial charge in [-0.1, -0.05) is 30.3 Å². The van der Waals surface area contributed by atoms with Crippen LogP contribution in [0.3, 0.4) is 0 Å². The summed E-state index contributed by atoms with van der Waals surface area (Å²) in [4.78, 5) is 25.5. The molecular formula is C21H23N5O. The molecule has 0 atom stereocenters. The smallest absolute Gasteiger partial charge is 0.272 e. The number of aromatic nitrogens is 3. The van der Waals surface area contributed by atoms with Crippen LogP contribution in [0.25, 0.3) is 5.69 Å². The molecule has 1 amide bonds. The summed E-state index contributed by atoms with van der Waals surface area (Å²) >= 11 is 0. The molecule has 3 aromatic rings. The predicted octanol–water partition coefficient (Wildman–Crippen LogP) is 2.27. The zero-order valence-corrected chi connectivity index (χ0v) is 15.2. The normalized spacial score (nSPS) is 15.0. The van der Waals surface area contributed by atoms with Crippen LogP contribution in [0.4, 0.5) is 0 Å². The van der Waals surface area contributed by atoms with Gasteiger partial charge in [-0.05, 0) is 24.1 Å². The highest BCUT2D eigenvalue weighted by molar-refractivity contribution is 5.92. The summed E-state index contributed by atoms with van der Waals surface area (Å²) in [5.74, 6) is -0.000301. The highest BCUT2D eigenvalue weighted by Crippen LogP contribution is 2.12. The van der Waals surface area contributed by atoms with Crippen LogP contribution in [0.5, 0.6) is 0 Å². The molecular weight excluding hydrogens is 338 g/mol. The first kappa shape index (κ1) is 17.4. The molecule has 1 fully saturated rings. The number of imidazole rings is 1. The van der Waals surface area contributed by atoms with Gasteiger partial charge in [-0.15, -0.1) is 0 Å². The van der Waals surface area contributed by atoms with Crippen molar-refractivity contribution in [3.63, 3.8) is 0 Å². The Morgan fingerprint density at radius 3 is 2.56 bits per heavy atom. The molecule has 0 N–H and O–H groups in total. The van der Waals surface area contributed by atoms with Crippen LogP contribution in [0.15, 0.2) is 67.4 Å². The summed E-state index contributed by atoms with van der Waals surface area (Å²) < 4.78 is 1.87. The average molecular weight is 361 g/mol. The van der Waals surface area contributed by atoms with E-state index in [2.05, 4.69) is 39.1 Å². The molecule has 138 valence electrons. The number of pyridine rings is 1.